The van der Waals surface area contributed by atoms with E-state index >= 15 is 0 Å². The van der Waals surface area contributed by atoms with Crippen LogP contribution in [0.5, 0.6) is 11.5 Å². The van der Waals surface area contributed by atoms with Gasteiger partial charge in [-0.15, -0.1) is 0 Å². The van der Waals surface area contributed by atoms with Crippen molar-refractivity contribution in [2.45, 2.75) is 19.6 Å². The van der Waals surface area contributed by atoms with E-state index in [9.17, 15) is 9.90 Å². The van der Waals surface area contributed by atoms with E-state index in [2.05, 4.69) is 21.0 Å². The first-order valence-electron chi connectivity index (χ1n) is 6.15. The molecule has 0 saturated carbocycles. The topological polar surface area (TPSA) is 90.4 Å². The number of hydrogen-bond donors (Lipinski definition) is 2. The Hall–Kier alpha value is -1.28. The van der Waals surface area contributed by atoms with E-state index in [1.54, 1.807) is 6.92 Å². The lowest BCUT2D eigenvalue weighted by Crippen LogP contribution is -2.28. The maximum absolute atomic E-state index is 12.1. The molecule has 1 heterocycles. The van der Waals surface area contributed by atoms with Gasteiger partial charge in [0, 0.05) is 5.69 Å². The molecule has 22 heavy (non-hydrogen) atoms. The van der Waals surface area contributed by atoms with Gasteiger partial charge in [0.1, 0.15) is 4.47 Å². The van der Waals surface area contributed by atoms with Crippen molar-refractivity contribution in [3.63, 3.8) is 0 Å². The summed E-state index contributed by atoms with van der Waals surface area (Å²) in [6.07, 6.45) is 0.626. The summed E-state index contributed by atoms with van der Waals surface area (Å²) < 4.78 is 6.83. The Morgan fingerprint density at radius 3 is 2.59 bits per heavy atom. The van der Waals surface area contributed by atoms with Crippen LogP contribution in [0.2, 0.25) is 10.0 Å². The first kappa shape index (κ1) is 17.1. The Bertz CT molecular complexity index is 742. The van der Waals surface area contributed by atoms with Gasteiger partial charge in [0.2, 0.25) is 0 Å². The quantitative estimate of drug-likeness (QED) is 0.758. The molecule has 0 aliphatic heterocycles. The second kappa shape index (κ2) is 6.87. The highest BCUT2D eigenvalue weighted by molar-refractivity contribution is 9.10. The minimum absolute atomic E-state index is 0.0705. The number of aliphatic hydroxyl groups excluding tert-OH is 1. The number of halogens is 3. The van der Waals surface area contributed by atoms with Gasteiger partial charge in [-0.2, -0.15) is 5.10 Å². The molecule has 0 radical (unpaired) electrons. The molecule has 6 nitrogen and oxygen atoms in total. The highest BCUT2D eigenvalue weighted by Crippen LogP contribution is 2.39. The number of benzene rings is 1. The van der Waals surface area contributed by atoms with Crippen molar-refractivity contribution in [1.29, 1.82) is 0 Å². The summed E-state index contributed by atoms with van der Waals surface area (Å²) in [5.41, 5.74) is 5.57. The van der Waals surface area contributed by atoms with E-state index in [0.29, 0.717) is 5.69 Å². The summed E-state index contributed by atoms with van der Waals surface area (Å²) in [4.78, 5) is 12.1. The van der Waals surface area contributed by atoms with Gasteiger partial charge >= 0.3 is 0 Å². The molecular weight excluding hydrogens is 397 g/mol. The average molecular weight is 409 g/mol. The molecule has 0 amide bonds. The van der Waals surface area contributed by atoms with Crippen LogP contribution in [0.4, 0.5) is 5.69 Å². The van der Waals surface area contributed by atoms with Crippen molar-refractivity contribution in [1.82, 2.24) is 9.78 Å². The summed E-state index contributed by atoms with van der Waals surface area (Å²) in [5, 5.41) is 13.7. The highest BCUT2D eigenvalue weighted by Gasteiger charge is 2.16. The normalized spacial score (nSPS) is 12.2. The van der Waals surface area contributed by atoms with Gasteiger partial charge in [-0.3, -0.25) is 4.79 Å². The molecule has 9 heteroatoms. The van der Waals surface area contributed by atoms with Crippen LogP contribution in [0.1, 0.15) is 6.92 Å². The zero-order chi connectivity index (χ0) is 16.4. The second-order valence-electron chi connectivity index (χ2n) is 4.57. The Labute approximate surface area is 144 Å². The van der Waals surface area contributed by atoms with Crippen LogP contribution in [0, 0.1) is 0 Å². The first-order chi connectivity index (χ1) is 10.3. The molecule has 2 rings (SSSR count). The van der Waals surface area contributed by atoms with Crippen molar-refractivity contribution in [2.75, 3.05) is 5.73 Å². The average Bonchev–Trinajstić information content (AvgIpc) is 2.41. The van der Waals surface area contributed by atoms with Crippen molar-refractivity contribution >= 4 is 44.8 Å². The predicted octanol–water partition coefficient (Wildman–Crippen LogP) is 3.07. The lowest BCUT2D eigenvalue weighted by Gasteiger charge is -2.13. The number of anilines is 1. The van der Waals surface area contributed by atoms with E-state index in [0.717, 1.165) is 4.68 Å². The maximum Gasteiger partial charge on any atom is 0.284 e. The van der Waals surface area contributed by atoms with Crippen molar-refractivity contribution < 1.29 is 9.84 Å². The number of aliphatic hydroxyl groups is 1. The number of nitrogens with two attached hydrogens (primary N) is 1. The molecule has 0 aliphatic carbocycles. The highest BCUT2D eigenvalue weighted by atomic mass is 79.9. The van der Waals surface area contributed by atoms with Gasteiger partial charge in [0.15, 0.2) is 11.5 Å². The Balaban J connectivity index is 2.40. The fourth-order valence-corrected chi connectivity index (χ4v) is 2.66. The van der Waals surface area contributed by atoms with Crippen LogP contribution in [0.3, 0.4) is 0 Å². The van der Waals surface area contributed by atoms with Gasteiger partial charge in [0.05, 0.1) is 28.9 Å². The zero-order valence-electron chi connectivity index (χ0n) is 11.4. The summed E-state index contributed by atoms with van der Waals surface area (Å²) in [7, 11) is 0. The third-order valence-corrected chi connectivity index (χ3v) is 3.91. The fraction of sp³-hybridized carbons (Fsp3) is 0.231. The molecular formula is C13H12BrCl2N3O3. The molecule has 1 unspecified atom stereocenters. The van der Waals surface area contributed by atoms with Gasteiger partial charge in [-0.25, -0.2) is 4.68 Å². The number of aromatic nitrogens is 2. The lowest BCUT2D eigenvalue weighted by atomic mass is 10.3. The molecule has 1 atom stereocenters. The number of rotatable bonds is 4. The lowest BCUT2D eigenvalue weighted by molar-refractivity contribution is 0.165. The minimum atomic E-state index is -0.704. The van der Waals surface area contributed by atoms with Gasteiger partial charge < -0.3 is 15.6 Å². The Morgan fingerprint density at radius 2 is 2.05 bits per heavy atom. The minimum Gasteiger partial charge on any atom is -0.451 e. The van der Waals surface area contributed by atoms with Crippen molar-refractivity contribution in [3.8, 4) is 11.5 Å². The summed E-state index contributed by atoms with van der Waals surface area (Å²) in [6, 6.07) is 2.97. The third-order valence-electron chi connectivity index (χ3n) is 2.62. The van der Waals surface area contributed by atoms with Crippen LogP contribution in [-0.4, -0.2) is 21.0 Å². The predicted molar refractivity (Wildman–Crippen MR) is 88.8 cm³/mol. The summed E-state index contributed by atoms with van der Waals surface area (Å²) >= 11 is 15.2. The molecule has 0 saturated heterocycles. The third kappa shape index (κ3) is 3.73. The molecule has 1 aromatic carbocycles. The molecule has 0 spiro atoms. The number of ether oxygens (including phenoxy) is 1. The van der Waals surface area contributed by atoms with Crippen LogP contribution >= 0.6 is 39.1 Å². The van der Waals surface area contributed by atoms with Crippen LogP contribution in [0.15, 0.2) is 27.6 Å². The fourth-order valence-electron chi connectivity index (χ4n) is 1.69. The van der Waals surface area contributed by atoms with Crippen molar-refractivity contribution in [3.05, 3.63) is 43.2 Å². The molecule has 3 N–H and O–H groups in total. The smallest absolute Gasteiger partial charge is 0.284 e. The summed E-state index contributed by atoms with van der Waals surface area (Å²) in [5.74, 6) is 0.327. The summed E-state index contributed by atoms with van der Waals surface area (Å²) in [6.45, 7) is 1.63. The molecule has 0 aliphatic rings. The Kier molecular flexibility index (Phi) is 5.33. The molecule has 0 bridgehead atoms. The monoisotopic (exact) mass is 407 g/mol. The number of hydrogen-bond acceptors (Lipinski definition) is 5. The molecule has 118 valence electrons. The van der Waals surface area contributed by atoms with E-state index in [4.69, 9.17) is 33.7 Å². The van der Waals surface area contributed by atoms with E-state index < -0.39 is 11.7 Å². The van der Waals surface area contributed by atoms with E-state index in [1.165, 1.54) is 18.3 Å². The van der Waals surface area contributed by atoms with Gasteiger partial charge in [-0.1, -0.05) is 23.2 Å². The maximum atomic E-state index is 12.1. The van der Waals surface area contributed by atoms with Gasteiger partial charge in [-0.05, 0) is 35.0 Å². The first-order valence-corrected chi connectivity index (χ1v) is 7.70. The SMILES string of the molecule is CC(O)Cn1ncc(Oc2c(Cl)cc(N)cc2Cl)c(Br)c1=O. The largest absolute Gasteiger partial charge is 0.451 e. The molecule has 1 aromatic heterocycles. The molecule has 0 fully saturated rings. The van der Waals surface area contributed by atoms with Gasteiger partial charge in [0.25, 0.3) is 5.56 Å². The van der Waals surface area contributed by atoms with E-state index in [-0.39, 0.29) is 32.6 Å². The van der Waals surface area contributed by atoms with E-state index in [1.807, 2.05) is 0 Å². The van der Waals surface area contributed by atoms with Crippen LogP contribution < -0.4 is 16.0 Å². The van der Waals surface area contributed by atoms with Crippen LogP contribution in [-0.2, 0) is 6.54 Å². The number of nitrogens with zero attached hydrogens (tertiary/aromatic N) is 2. The second-order valence-corrected chi connectivity index (χ2v) is 6.18. The van der Waals surface area contributed by atoms with Crippen LogP contribution in [0.25, 0.3) is 0 Å². The number of nitrogen functional groups attached to an aromatic ring is 1. The zero-order valence-corrected chi connectivity index (χ0v) is 14.5. The molecule has 2 aromatic rings. The van der Waals surface area contributed by atoms with Crippen molar-refractivity contribution in [2.24, 2.45) is 0 Å². The Morgan fingerprint density at radius 1 is 1.45 bits per heavy atom. The standard InChI is InChI=1S/C13H12BrCl2N3O3/c1-6(20)5-19-13(21)11(14)10(4-18-19)22-12-8(15)2-7(17)3-9(12)16/h2-4,6,20H,5,17H2,1H3.